The molecule has 0 aliphatic carbocycles. The zero-order valence-corrected chi connectivity index (χ0v) is 12.0. The highest BCUT2D eigenvalue weighted by Gasteiger charge is 2.08. The van der Waals surface area contributed by atoms with E-state index in [1.807, 2.05) is 20.8 Å². The van der Waals surface area contributed by atoms with Crippen molar-refractivity contribution in [1.82, 2.24) is 9.97 Å². The summed E-state index contributed by atoms with van der Waals surface area (Å²) in [6, 6.07) is 4.74. The van der Waals surface area contributed by atoms with Gasteiger partial charge in [0.15, 0.2) is 5.16 Å². The third-order valence-electron chi connectivity index (χ3n) is 3.05. The van der Waals surface area contributed by atoms with E-state index in [0.717, 1.165) is 17.0 Å². The lowest BCUT2D eigenvalue weighted by atomic mass is 10.2. The number of aromatic nitrogens is 2. The molecule has 3 nitrogen and oxygen atoms in total. The summed E-state index contributed by atoms with van der Waals surface area (Å²) < 4.78 is 13.6. The van der Waals surface area contributed by atoms with Gasteiger partial charge in [0.05, 0.1) is 0 Å². The van der Waals surface area contributed by atoms with Crippen LogP contribution in [0.15, 0.2) is 23.4 Å². The number of nitrogen functional groups attached to an aromatic ring is 1. The van der Waals surface area contributed by atoms with Crippen LogP contribution in [0.25, 0.3) is 0 Å². The Hall–Kier alpha value is -1.62. The number of anilines is 1. The maximum Gasteiger partial charge on any atom is 0.188 e. The van der Waals surface area contributed by atoms with Crippen molar-refractivity contribution in [3.05, 3.63) is 46.5 Å². The second kappa shape index (κ2) is 5.57. The molecule has 2 N–H and O–H groups in total. The van der Waals surface area contributed by atoms with Gasteiger partial charge < -0.3 is 5.73 Å². The molecule has 0 unspecified atom stereocenters. The number of nitrogens with zero attached hydrogens (tertiary/aromatic N) is 2. The van der Waals surface area contributed by atoms with Crippen LogP contribution in [0.3, 0.4) is 0 Å². The van der Waals surface area contributed by atoms with Crippen molar-refractivity contribution >= 4 is 17.4 Å². The number of aryl methyl sites for hydroxylation is 2. The highest BCUT2D eigenvalue weighted by molar-refractivity contribution is 7.98. The lowest BCUT2D eigenvalue weighted by molar-refractivity contribution is 0.618. The summed E-state index contributed by atoms with van der Waals surface area (Å²) in [7, 11) is 0. The largest absolute Gasteiger partial charge is 0.399 e. The van der Waals surface area contributed by atoms with E-state index in [1.54, 1.807) is 12.1 Å². The molecule has 0 radical (unpaired) electrons. The van der Waals surface area contributed by atoms with Gasteiger partial charge in [0.1, 0.15) is 5.82 Å². The topological polar surface area (TPSA) is 51.8 Å². The van der Waals surface area contributed by atoms with Gasteiger partial charge in [-0.15, -0.1) is 0 Å². The molecule has 1 heterocycles. The Kier molecular flexibility index (Phi) is 4.04. The zero-order chi connectivity index (χ0) is 14.0. The van der Waals surface area contributed by atoms with Crippen molar-refractivity contribution in [2.45, 2.75) is 31.7 Å². The Morgan fingerprint density at radius 2 is 1.79 bits per heavy atom. The Labute approximate surface area is 116 Å². The zero-order valence-electron chi connectivity index (χ0n) is 11.2. The summed E-state index contributed by atoms with van der Waals surface area (Å²) in [6.45, 7) is 5.91. The molecule has 0 atom stereocenters. The molecule has 1 aromatic heterocycles. The number of halogens is 1. The number of rotatable bonds is 3. The van der Waals surface area contributed by atoms with Gasteiger partial charge in [-0.05, 0) is 44.0 Å². The molecule has 2 aromatic rings. The van der Waals surface area contributed by atoms with Crippen LogP contribution in [0.2, 0.25) is 0 Å². The fraction of sp³-hybridized carbons (Fsp3) is 0.286. The molecule has 0 amide bonds. The number of nitrogens with two attached hydrogens (primary N) is 1. The third kappa shape index (κ3) is 3.23. The maximum atomic E-state index is 13.6. The second-order valence-corrected chi connectivity index (χ2v) is 5.38. The van der Waals surface area contributed by atoms with Gasteiger partial charge in [0.25, 0.3) is 0 Å². The molecule has 5 heteroatoms. The summed E-state index contributed by atoms with van der Waals surface area (Å²) in [5.41, 5.74) is 9.60. The minimum absolute atomic E-state index is 0.284. The first kappa shape index (κ1) is 13.8. The first-order valence-electron chi connectivity index (χ1n) is 5.96. The molecular weight excluding hydrogens is 261 g/mol. The van der Waals surface area contributed by atoms with E-state index in [1.165, 1.54) is 17.8 Å². The van der Waals surface area contributed by atoms with E-state index >= 15 is 0 Å². The molecule has 0 saturated carbocycles. The van der Waals surface area contributed by atoms with Gasteiger partial charge in [-0.2, -0.15) is 0 Å². The Bertz CT molecular complexity index is 591. The van der Waals surface area contributed by atoms with Crippen LogP contribution in [0.4, 0.5) is 10.1 Å². The lowest BCUT2D eigenvalue weighted by Crippen LogP contribution is -1.98. The minimum Gasteiger partial charge on any atom is -0.399 e. The molecule has 2 rings (SSSR count). The Morgan fingerprint density at radius 1 is 1.16 bits per heavy atom. The van der Waals surface area contributed by atoms with Crippen molar-refractivity contribution in [2.75, 3.05) is 5.73 Å². The first-order chi connectivity index (χ1) is 8.97. The van der Waals surface area contributed by atoms with Crippen molar-refractivity contribution in [1.29, 1.82) is 0 Å². The van der Waals surface area contributed by atoms with Gasteiger partial charge in [-0.1, -0.05) is 17.8 Å². The van der Waals surface area contributed by atoms with Crippen LogP contribution in [0.5, 0.6) is 0 Å². The van der Waals surface area contributed by atoms with Gasteiger partial charge in [-0.3, -0.25) is 0 Å². The maximum absolute atomic E-state index is 13.6. The van der Waals surface area contributed by atoms with Crippen molar-refractivity contribution in [3.63, 3.8) is 0 Å². The quantitative estimate of drug-likeness (QED) is 0.530. The van der Waals surface area contributed by atoms with Crippen LogP contribution in [0.1, 0.15) is 22.5 Å². The average molecular weight is 277 g/mol. The predicted octanol–water partition coefficient (Wildman–Crippen LogP) is 3.42. The van der Waals surface area contributed by atoms with Gasteiger partial charge in [-0.25, -0.2) is 14.4 Å². The SMILES string of the molecule is Cc1nc(SCc2ccc(N)cc2F)nc(C)c1C. The molecule has 0 saturated heterocycles. The number of benzene rings is 1. The fourth-order valence-electron chi connectivity index (χ4n) is 1.63. The molecule has 0 aliphatic rings. The van der Waals surface area contributed by atoms with Gasteiger partial charge in [0, 0.05) is 22.8 Å². The number of hydrogen-bond donors (Lipinski definition) is 1. The standard InChI is InChI=1S/C14H16FN3S/c1-8-9(2)17-14(18-10(8)3)19-7-11-4-5-12(16)6-13(11)15/h4-6H,7,16H2,1-3H3. The molecule has 0 fully saturated rings. The fourth-order valence-corrected chi connectivity index (χ4v) is 2.55. The van der Waals surface area contributed by atoms with E-state index < -0.39 is 0 Å². The van der Waals surface area contributed by atoms with E-state index in [9.17, 15) is 4.39 Å². The van der Waals surface area contributed by atoms with Crippen molar-refractivity contribution in [2.24, 2.45) is 0 Å². The summed E-state index contributed by atoms with van der Waals surface area (Å²) >= 11 is 1.43. The van der Waals surface area contributed by atoms with Crippen LogP contribution < -0.4 is 5.73 Å². The first-order valence-corrected chi connectivity index (χ1v) is 6.94. The van der Waals surface area contributed by atoms with Crippen LogP contribution >= 0.6 is 11.8 Å². The highest BCUT2D eigenvalue weighted by atomic mass is 32.2. The summed E-state index contributed by atoms with van der Waals surface area (Å²) in [5, 5.41) is 0.678. The molecule has 1 aromatic carbocycles. The van der Waals surface area contributed by atoms with E-state index in [-0.39, 0.29) is 5.82 Å². The van der Waals surface area contributed by atoms with E-state index in [2.05, 4.69) is 9.97 Å². The highest BCUT2D eigenvalue weighted by Crippen LogP contribution is 2.23. The number of hydrogen-bond acceptors (Lipinski definition) is 4. The van der Waals surface area contributed by atoms with E-state index in [4.69, 9.17) is 5.73 Å². The third-order valence-corrected chi connectivity index (χ3v) is 3.94. The monoisotopic (exact) mass is 277 g/mol. The van der Waals surface area contributed by atoms with Crippen LogP contribution in [0, 0.1) is 26.6 Å². The Morgan fingerprint density at radius 3 is 2.37 bits per heavy atom. The molecule has 19 heavy (non-hydrogen) atoms. The van der Waals surface area contributed by atoms with Crippen molar-refractivity contribution < 1.29 is 4.39 Å². The summed E-state index contributed by atoms with van der Waals surface area (Å²) in [5.74, 6) is 0.210. The smallest absolute Gasteiger partial charge is 0.188 e. The predicted molar refractivity (Wildman–Crippen MR) is 76.6 cm³/mol. The summed E-state index contributed by atoms with van der Waals surface area (Å²) in [4.78, 5) is 8.80. The van der Waals surface area contributed by atoms with Gasteiger partial charge >= 0.3 is 0 Å². The molecule has 0 aliphatic heterocycles. The Balaban J connectivity index is 2.14. The lowest BCUT2D eigenvalue weighted by Gasteiger charge is -2.07. The van der Waals surface area contributed by atoms with Crippen LogP contribution in [-0.2, 0) is 5.75 Å². The average Bonchev–Trinajstić information content (AvgIpc) is 2.34. The normalized spacial score (nSPS) is 10.7. The molecule has 0 bridgehead atoms. The van der Waals surface area contributed by atoms with E-state index in [0.29, 0.717) is 22.2 Å². The minimum atomic E-state index is -0.284. The van der Waals surface area contributed by atoms with Crippen molar-refractivity contribution in [3.8, 4) is 0 Å². The van der Waals surface area contributed by atoms with Crippen LogP contribution in [-0.4, -0.2) is 9.97 Å². The molecule has 100 valence electrons. The van der Waals surface area contributed by atoms with Gasteiger partial charge in [0.2, 0.25) is 0 Å². The molecular formula is C14H16FN3S. The second-order valence-electron chi connectivity index (χ2n) is 4.44. The number of thioether (sulfide) groups is 1. The molecule has 0 spiro atoms. The summed E-state index contributed by atoms with van der Waals surface area (Å²) in [6.07, 6.45) is 0.